The SMILES string of the molecule is CN1CCN(C(=O)c2ccc(F)cc2)C[C@@H]1c1ncn2cc(-c3cccnc3)ccc12. The van der Waals surface area contributed by atoms with E-state index in [1.165, 1.54) is 24.3 Å². The number of hydrogen-bond acceptors (Lipinski definition) is 4. The third-order valence-corrected chi connectivity index (χ3v) is 5.90. The van der Waals surface area contributed by atoms with Gasteiger partial charge in [0.25, 0.3) is 5.91 Å². The van der Waals surface area contributed by atoms with Crippen LogP contribution in [-0.2, 0) is 0 Å². The Bertz CT molecular complexity index is 1220. The highest BCUT2D eigenvalue weighted by atomic mass is 19.1. The van der Waals surface area contributed by atoms with Crippen molar-refractivity contribution in [2.45, 2.75) is 6.04 Å². The number of amides is 1. The van der Waals surface area contributed by atoms with Gasteiger partial charge in [-0.1, -0.05) is 12.1 Å². The van der Waals surface area contributed by atoms with E-state index < -0.39 is 0 Å². The Hall–Kier alpha value is -3.58. The number of likely N-dealkylation sites (N-methyl/N-ethyl adjacent to an activating group) is 1. The van der Waals surface area contributed by atoms with E-state index in [0.717, 1.165) is 28.9 Å². The van der Waals surface area contributed by atoms with Crippen molar-refractivity contribution in [3.8, 4) is 11.1 Å². The molecule has 5 rings (SSSR count). The number of imidazole rings is 1. The Morgan fingerprint density at radius 1 is 1.06 bits per heavy atom. The standard InChI is InChI=1S/C24H22FN5O/c1-28-11-12-29(24(31)17-4-7-20(25)8-5-17)15-22(28)23-21-9-6-19(14-30(21)16-27-23)18-3-2-10-26-13-18/h2-10,13-14,16,22H,11-12,15H2,1H3/t22-/m1/s1. The molecule has 0 aliphatic carbocycles. The van der Waals surface area contributed by atoms with Crippen molar-refractivity contribution in [3.63, 3.8) is 0 Å². The highest BCUT2D eigenvalue weighted by Gasteiger charge is 2.31. The highest BCUT2D eigenvalue weighted by Crippen LogP contribution is 2.29. The third kappa shape index (κ3) is 3.68. The maximum absolute atomic E-state index is 13.2. The van der Waals surface area contributed by atoms with Crippen LogP contribution in [0.1, 0.15) is 22.1 Å². The van der Waals surface area contributed by atoms with Crippen molar-refractivity contribution >= 4 is 11.4 Å². The lowest BCUT2D eigenvalue weighted by Crippen LogP contribution is -2.49. The van der Waals surface area contributed by atoms with E-state index in [1.54, 1.807) is 6.20 Å². The molecule has 0 bridgehead atoms. The van der Waals surface area contributed by atoms with Gasteiger partial charge in [-0.15, -0.1) is 0 Å². The number of hydrogen-bond donors (Lipinski definition) is 0. The van der Waals surface area contributed by atoms with Crippen molar-refractivity contribution in [2.75, 3.05) is 26.7 Å². The first-order valence-corrected chi connectivity index (χ1v) is 10.2. The molecule has 1 aromatic carbocycles. The summed E-state index contributed by atoms with van der Waals surface area (Å²) in [5.74, 6) is -0.427. The van der Waals surface area contributed by atoms with Crippen LogP contribution in [0.3, 0.4) is 0 Å². The highest BCUT2D eigenvalue weighted by molar-refractivity contribution is 5.94. The van der Waals surface area contributed by atoms with Gasteiger partial charge in [-0.25, -0.2) is 9.37 Å². The molecule has 0 radical (unpaired) electrons. The van der Waals surface area contributed by atoms with Crippen LogP contribution in [0.4, 0.5) is 4.39 Å². The van der Waals surface area contributed by atoms with Crippen LogP contribution in [0.5, 0.6) is 0 Å². The number of nitrogens with zero attached hydrogens (tertiary/aromatic N) is 5. The van der Waals surface area contributed by atoms with Gasteiger partial charge < -0.3 is 9.30 Å². The molecule has 4 heterocycles. The van der Waals surface area contributed by atoms with Gasteiger partial charge in [0.1, 0.15) is 5.82 Å². The molecule has 0 spiro atoms. The second-order valence-corrected chi connectivity index (χ2v) is 7.84. The van der Waals surface area contributed by atoms with Crippen molar-refractivity contribution in [2.24, 2.45) is 0 Å². The fourth-order valence-electron chi connectivity index (χ4n) is 4.11. The van der Waals surface area contributed by atoms with Gasteiger partial charge in [0.05, 0.1) is 23.6 Å². The Labute approximate surface area is 179 Å². The normalized spacial score (nSPS) is 17.2. The first-order chi connectivity index (χ1) is 15.1. The topological polar surface area (TPSA) is 53.7 Å². The fourth-order valence-corrected chi connectivity index (χ4v) is 4.11. The molecule has 1 atom stereocenters. The average molecular weight is 415 g/mol. The van der Waals surface area contributed by atoms with Crippen LogP contribution in [0.25, 0.3) is 16.6 Å². The minimum absolute atomic E-state index is 0.0209. The first-order valence-electron chi connectivity index (χ1n) is 10.2. The Morgan fingerprint density at radius 2 is 1.90 bits per heavy atom. The fraction of sp³-hybridized carbons (Fsp3) is 0.208. The van der Waals surface area contributed by atoms with Crippen LogP contribution in [0, 0.1) is 5.82 Å². The molecule has 1 fully saturated rings. The van der Waals surface area contributed by atoms with Gasteiger partial charge in [0, 0.05) is 49.4 Å². The predicted octanol–water partition coefficient (Wildman–Crippen LogP) is 3.66. The number of benzene rings is 1. The second kappa shape index (κ2) is 7.92. The van der Waals surface area contributed by atoms with Crippen LogP contribution < -0.4 is 0 Å². The molecule has 156 valence electrons. The van der Waals surface area contributed by atoms with Crippen LogP contribution in [0.2, 0.25) is 0 Å². The smallest absolute Gasteiger partial charge is 0.253 e. The van der Waals surface area contributed by atoms with Gasteiger partial charge >= 0.3 is 0 Å². The van der Waals surface area contributed by atoms with E-state index in [-0.39, 0.29) is 17.8 Å². The zero-order valence-electron chi connectivity index (χ0n) is 17.1. The largest absolute Gasteiger partial charge is 0.335 e. The van der Waals surface area contributed by atoms with Crippen LogP contribution in [0.15, 0.2) is 73.4 Å². The van der Waals surface area contributed by atoms with Crippen LogP contribution in [-0.4, -0.2) is 56.8 Å². The number of carbonyl (C=O) groups excluding carboxylic acids is 1. The zero-order chi connectivity index (χ0) is 21.4. The lowest BCUT2D eigenvalue weighted by atomic mass is 10.1. The number of pyridine rings is 2. The van der Waals surface area contributed by atoms with Crippen molar-refractivity contribution < 1.29 is 9.18 Å². The molecule has 0 N–H and O–H groups in total. The lowest BCUT2D eigenvalue weighted by Gasteiger charge is -2.39. The molecule has 6 nitrogen and oxygen atoms in total. The van der Waals surface area contributed by atoms with Gasteiger partial charge in [-0.05, 0) is 49.0 Å². The van der Waals surface area contributed by atoms with E-state index in [4.69, 9.17) is 4.98 Å². The summed E-state index contributed by atoms with van der Waals surface area (Å²) in [6.07, 6.45) is 7.47. The summed E-state index contributed by atoms with van der Waals surface area (Å²) < 4.78 is 15.3. The molecule has 31 heavy (non-hydrogen) atoms. The molecule has 1 saturated heterocycles. The maximum atomic E-state index is 13.2. The lowest BCUT2D eigenvalue weighted by molar-refractivity contribution is 0.0542. The van der Waals surface area contributed by atoms with E-state index in [2.05, 4.69) is 29.1 Å². The molecule has 1 aliphatic heterocycles. The number of aromatic nitrogens is 3. The van der Waals surface area contributed by atoms with Crippen molar-refractivity contribution in [1.29, 1.82) is 0 Å². The predicted molar refractivity (Wildman–Crippen MR) is 116 cm³/mol. The molecule has 1 amide bonds. The van der Waals surface area contributed by atoms with E-state index >= 15 is 0 Å². The van der Waals surface area contributed by atoms with Gasteiger partial charge in [-0.2, -0.15) is 0 Å². The van der Waals surface area contributed by atoms with E-state index in [1.807, 2.05) is 40.2 Å². The molecule has 0 unspecified atom stereocenters. The van der Waals surface area contributed by atoms with Gasteiger partial charge in [0.15, 0.2) is 0 Å². The number of carbonyl (C=O) groups is 1. The Morgan fingerprint density at radius 3 is 2.68 bits per heavy atom. The van der Waals surface area contributed by atoms with Crippen molar-refractivity contribution in [1.82, 2.24) is 24.2 Å². The molecule has 0 saturated carbocycles. The minimum Gasteiger partial charge on any atom is -0.335 e. The quantitative estimate of drug-likeness (QED) is 0.512. The molecule has 1 aliphatic rings. The molecule has 7 heteroatoms. The third-order valence-electron chi connectivity index (χ3n) is 5.90. The monoisotopic (exact) mass is 415 g/mol. The Kier molecular flexibility index (Phi) is 4.95. The molecule has 4 aromatic rings. The minimum atomic E-state index is -0.345. The maximum Gasteiger partial charge on any atom is 0.253 e. The molecule has 3 aromatic heterocycles. The summed E-state index contributed by atoms with van der Waals surface area (Å²) >= 11 is 0. The van der Waals surface area contributed by atoms with Gasteiger partial charge in [0.2, 0.25) is 0 Å². The molecular weight excluding hydrogens is 393 g/mol. The summed E-state index contributed by atoms with van der Waals surface area (Å²) in [7, 11) is 2.06. The summed E-state index contributed by atoms with van der Waals surface area (Å²) in [5.41, 5.74) is 4.57. The summed E-state index contributed by atoms with van der Waals surface area (Å²) in [6.45, 7) is 1.90. The number of halogens is 1. The average Bonchev–Trinajstić information content (AvgIpc) is 3.23. The summed E-state index contributed by atoms with van der Waals surface area (Å²) in [6, 6.07) is 13.8. The zero-order valence-corrected chi connectivity index (χ0v) is 17.1. The Balaban J connectivity index is 1.43. The van der Waals surface area contributed by atoms with E-state index in [9.17, 15) is 9.18 Å². The second-order valence-electron chi connectivity index (χ2n) is 7.84. The first kappa shape index (κ1) is 19.4. The summed E-state index contributed by atoms with van der Waals surface area (Å²) in [5, 5.41) is 0. The van der Waals surface area contributed by atoms with Crippen molar-refractivity contribution in [3.05, 3.63) is 90.5 Å². The summed E-state index contributed by atoms with van der Waals surface area (Å²) in [4.78, 5) is 25.9. The number of rotatable bonds is 3. The van der Waals surface area contributed by atoms with Crippen LogP contribution >= 0.6 is 0 Å². The number of fused-ring (bicyclic) bond motifs is 1. The molecular formula is C24H22FN5O. The number of piperazine rings is 1. The van der Waals surface area contributed by atoms with E-state index in [0.29, 0.717) is 18.7 Å². The van der Waals surface area contributed by atoms with Gasteiger partial charge in [-0.3, -0.25) is 14.7 Å².